The number of hydrogen-bond donors (Lipinski definition) is 1. The summed E-state index contributed by atoms with van der Waals surface area (Å²) in [6.45, 7) is 4.51. The molecule has 0 aromatic carbocycles. The van der Waals surface area contributed by atoms with Crippen LogP contribution < -0.4 is 5.32 Å². The molecule has 90 valence electrons. The lowest BCUT2D eigenvalue weighted by Gasteiger charge is -2.23. The molecule has 0 aliphatic heterocycles. The van der Waals surface area contributed by atoms with Crippen LogP contribution in [0.5, 0.6) is 0 Å². The van der Waals surface area contributed by atoms with Crippen molar-refractivity contribution < 1.29 is 0 Å². The average molecular weight is 237 g/mol. The highest BCUT2D eigenvalue weighted by molar-refractivity contribution is 7.07. The molecule has 2 heteroatoms. The van der Waals surface area contributed by atoms with Gasteiger partial charge in [0.25, 0.3) is 0 Å². The van der Waals surface area contributed by atoms with E-state index < -0.39 is 0 Å². The molecule has 16 heavy (non-hydrogen) atoms. The van der Waals surface area contributed by atoms with Gasteiger partial charge in [0.05, 0.1) is 0 Å². The highest BCUT2D eigenvalue weighted by Gasteiger charge is 2.24. The average Bonchev–Trinajstić information content (AvgIpc) is 2.96. The van der Waals surface area contributed by atoms with E-state index in [0.717, 1.165) is 18.4 Å². The fraction of sp³-hybridized carbons (Fsp3) is 0.714. The van der Waals surface area contributed by atoms with Crippen LogP contribution in [-0.2, 0) is 6.42 Å². The third-order valence-electron chi connectivity index (χ3n) is 3.80. The van der Waals surface area contributed by atoms with Crippen LogP contribution in [0, 0.1) is 11.8 Å². The van der Waals surface area contributed by atoms with Crippen LogP contribution in [0.15, 0.2) is 16.8 Å². The van der Waals surface area contributed by atoms with E-state index in [1.54, 1.807) is 5.56 Å². The zero-order valence-electron chi connectivity index (χ0n) is 10.2. The summed E-state index contributed by atoms with van der Waals surface area (Å²) in [7, 11) is 0. The Morgan fingerprint density at radius 1 is 1.44 bits per heavy atom. The number of rotatable bonds is 6. The highest BCUT2D eigenvalue weighted by atomic mass is 32.1. The zero-order chi connectivity index (χ0) is 11.2. The molecule has 1 nitrogen and oxygen atoms in total. The summed E-state index contributed by atoms with van der Waals surface area (Å²) in [5, 5.41) is 8.06. The Bertz CT molecular complexity index is 275. The molecule has 1 aromatic heterocycles. The van der Waals surface area contributed by atoms with Crippen molar-refractivity contribution in [1.82, 2.24) is 5.32 Å². The smallest absolute Gasteiger partial charge is 0.00148 e. The molecule has 1 aliphatic rings. The van der Waals surface area contributed by atoms with E-state index in [9.17, 15) is 0 Å². The normalized spacial score (nSPS) is 19.1. The lowest BCUT2D eigenvalue weighted by molar-refractivity contribution is 0.323. The maximum atomic E-state index is 3.54. The molecule has 1 atom stereocenters. The first kappa shape index (κ1) is 12.1. The monoisotopic (exact) mass is 237 g/mol. The van der Waals surface area contributed by atoms with E-state index in [-0.39, 0.29) is 0 Å². The molecule has 0 bridgehead atoms. The molecule has 0 spiro atoms. The Labute approximate surface area is 103 Å². The van der Waals surface area contributed by atoms with Gasteiger partial charge in [0.2, 0.25) is 0 Å². The van der Waals surface area contributed by atoms with E-state index >= 15 is 0 Å². The summed E-state index contributed by atoms with van der Waals surface area (Å²) >= 11 is 1.83. The standard InChI is InChI=1S/C14H23NS/c1-2-15-10-14(13-5-3-4-6-13)9-12-7-8-16-11-12/h7-8,11,13-15H,2-6,9-10H2,1H3. The number of nitrogens with one attached hydrogen (secondary N) is 1. The summed E-state index contributed by atoms with van der Waals surface area (Å²) in [6.07, 6.45) is 7.11. The largest absolute Gasteiger partial charge is 0.317 e. The van der Waals surface area contributed by atoms with Crippen LogP contribution in [0.2, 0.25) is 0 Å². The van der Waals surface area contributed by atoms with Gasteiger partial charge < -0.3 is 5.32 Å². The van der Waals surface area contributed by atoms with Gasteiger partial charge in [-0.3, -0.25) is 0 Å². The second-order valence-corrected chi connectivity index (χ2v) is 5.73. The summed E-state index contributed by atoms with van der Waals surface area (Å²) in [5.41, 5.74) is 1.54. The van der Waals surface area contributed by atoms with Crippen LogP contribution in [0.4, 0.5) is 0 Å². The van der Waals surface area contributed by atoms with Crippen molar-refractivity contribution in [3.05, 3.63) is 22.4 Å². The predicted molar refractivity (Wildman–Crippen MR) is 72.0 cm³/mol. The second kappa shape index (κ2) is 6.41. The maximum Gasteiger partial charge on any atom is -0.00148 e. The molecule has 1 N–H and O–H groups in total. The Hall–Kier alpha value is -0.340. The SMILES string of the molecule is CCNCC(Cc1ccsc1)C1CCCC1. The van der Waals surface area contributed by atoms with E-state index in [0.29, 0.717) is 0 Å². The molecular weight excluding hydrogens is 214 g/mol. The number of thiophene rings is 1. The van der Waals surface area contributed by atoms with E-state index in [1.165, 1.54) is 38.6 Å². The van der Waals surface area contributed by atoms with Gasteiger partial charge in [-0.2, -0.15) is 11.3 Å². The van der Waals surface area contributed by atoms with Gasteiger partial charge in [0, 0.05) is 0 Å². The van der Waals surface area contributed by atoms with Crippen molar-refractivity contribution in [2.45, 2.75) is 39.0 Å². The third kappa shape index (κ3) is 3.33. The molecule has 1 aliphatic carbocycles. The molecule has 1 aromatic rings. The Balaban J connectivity index is 1.90. The molecule has 2 rings (SSSR count). The van der Waals surface area contributed by atoms with Gasteiger partial charge >= 0.3 is 0 Å². The first-order chi connectivity index (χ1) is 7.90. The van der Waals surface area contributed by atoms with Gasteiger partial charge in [-0.15, -0.1) is 0 Å². The van der Waals surface area contributed by atoms with Gasteiger partial charge in [0.1, 0.15) is 0 Å². The minimum Gasteiger partial charge on any atom is -0.317 e. The third-order valence-corrected chi connectivity index (χ3v) is 4.53. The summed E-state index contributed by atoms with van der Waals surface area (Å²) < 4.78 is 0. The fourth-order valence-corrected chi connectivity index (χ4v) is 3.56. The molecule has 1 saturated carbocycles. The maximum absolute atomic E-state index is 3.54. The minimum absolute atomic E-state index is 0.858. The van der Waals surface area contributed by atoms with Crippen LogP contribution >= 0.6 is 11.3 Å². The lowest BCUT2D eigenvalue weighted by atomic mass is 9.86. The molecule has 0 amide bonds. The van der Waals surface area contributed by atoms with Crippen LogP contribution in [0.3, 0.4) is 0 Å². The fourth-order valence-electron chi connectivity index (χ4n) is 2.88. The second-order valence-electron chi connectivity index (χ2n) is 4.95. The van der Waals surface area contributed by atoms with Crippen LogP contribution in [0.1, 0.15) is 38.2 Å². The Morgan fingerprint density at radius 3 is 2.88 bits per heavy atom. The molecule has 1 heterocycles. The van der Waals surface area contributed by atoms with Crippen molar-refractivity contribution in [3.63, 3.8) is 0 Å². The molecule has 1 fully saturated rings. The van der Waals surface area contributed by atoms with E-state index in [2.05, 4.69) is 29.1 Å². The van der Waals surface area contributed by atoms with Gasteiger partial charge in [0.15, 0.2) is 0 Å². The number of hydrogen-bond acceptors (Lipinski definition) is 2. The summed E-state index contributed by atoms with van der Waals surface area (Å²) in [4.78, 5) is 0. The lowest BCUT2D eigenvalue weighted by Crippen LogP contribution is -2.28. The van der Waals surface area contributed by atoms with E-state index in [4.69, 9.17) is 0 Å². The zero-order valence-corrected chi connectivity index (χ0v) is 11.1. The quantitative estimate of drug-likeness (QED) is 0.795. The van der Waals surface area contributed by atoms with Crippen molar-refractivity contribution >= 4 is 11.3 Å². The molecule has 0 radical (unpaired) electrons. The van der Waals surface area contributed by atoms with Crippen molar-refractivity contribution in [2.24, 2.45) is 11.8 Å². The summed E-state index contributed by atoms with van der Waals surface area (Å²) in [6, 6.07) is 2.29. The van der Waals surface area contributed by atoms with Gasteiger partial charge in [-0.25, -0.2) is 0 Å². The molecular formula is C14H23NS. The van der Waals surface area contributed by atoms with Crippen LogP contribution in [-0.4, -0.2) is 13.1 Å². The Kier molecular flexibility index (Phi) is 4.86. The topological polar surface area (TPSA) is 12.0 Å². The van der Waals surface area contributed by atoms with Crippen LogP contribution in [0.25, 0.3) is 0 Å². The predicted octanol–water partition coefficient (Wildman–Crippen LogP) is 3.71. The Morgan fingerprint density at radius 2 is 2.25 bits per heavy atom. The van der Waals surface area contributed by atoms with Gasteiger partial charge in [-0.1, -0.05) is 32.6 Å². The molecule has 1 unspecified atom stereocenters. The van der Waals surface area contributed by atoms with Crippen molar-refractivity contribution in [3.8, 4) is 0 Å². The van der Waals surface area contributed by atoms with Gasteiger partial charge in [-0.05, 0) is 53.7 Å². The first-order valence-electron chi connectivity index (χ1n) is 6.62. The molecule has 0 saturated heterocycles. The van der Waals surface area contributed by atoms with Crippen molar-refractivity contribution in [2.75, 3.05) is 13.1 Å². The van der Waals surface area contributed by atoms with Crippen molar-refractivity contribution in [1.29, 1.82) is 0 Å². The highest BCUT2D eigenvalue weighted by Crippen LogP contribution is 2.33. The minimum atomic E-state index is 0.858. The van der Waals surface area contributed by atoms with E-state index in [1.807, 2.05) is 11.3 Å². The summed E-state index contributed by atoms with van der Waals surface area (Å²) in [5.74, 6) is 1.83. The first-order valence-corrected chi connectivity index (χ1v) is 7.56.